The molecule has 0 saturated carbocycles. The number of ether oxygens (including phenoxy) is 1. The molecular formula is C25H25N7O5. The number of piperidine rings is 1. The Hall–Kier alpha value is -4.66. The summed E-state index contributed by atoms with van der Waals surface area (Å²) in [4.78, 5) is 55.5. The number of benzene rings is 1. The third kappa shape index (κ3) is 4.63. The quantitative estimate of drug-likeness (QED) is 0.485. The first-order valence-electron chi connectivity index (χ1n) is 11.9. The smallest absolute Gasteiger partial charge is 0.270 e. The number of carbonyl (C=O) groups excluding carboxylic acids is 4. The predicted molar refractivity (Wildman–Crippen MR) is 129 cm³/mol. The molecule has 1 atom stereocenters. The maximum Gasteiger partial charge on any atom is 0.270 e. The van der Waals surface area contributed by atoms with Crippen LogP contribution in [0.25, 0.3) is 10.9 Å². The van der Waals surface area contributed by atoms with Gasteiger partial charge in [0, 0.05) is 51.2 Å². The number of nitrogens with zero attached hydrogens (tertiary/aromatic N) is 5. The van der Waals surface area contributed by atoms with Gasteiger partial charge in [0.25, 0.3) is 11.8 Å². The molecule has 2 aliphatic rings. The van der Waals surface area contributed by atoms with Crippen LogP contribution in [0.4, 0.5) is 0 Å². The molecule has 1 aromatic carbocycles. The monoisotopic (exact) mass is 503 g/mol. The number of nitrogens with one attached hydrogen (secondary N) is 2. The standard InChI is InChI=1S/C25H25N7O5/c1-30-23-16(22(29-30)17-5-6-20(33)28-24(17)35)3-2-4-19(23)37-14-21(34)31-7-9-32(10-8-31)25(36)18-11-15(12-26)13-27-18/h2-4,11,13,17,27H,5-10,14H2,1H3,(H,28,33,35). The lowest BCUT2D eigenvalue weighted by molar-refractivity contribution is -0.135. The van der Waals surface area contributed by atoms with E-state index >= 15 is 0 Å². The Balaban J connectivity index is 1.22. The van der Waals surface area contributed by atoms with Crippen LogP contribution in [0.3, 0.4) is 0 Å². The van der Waals surface area contributed by atoms with E-state index in [4.69, 9.17) is 10.00 Å². The summed E-state index contributed by atoms with van der Waals surface area (Å²) in [5.41, 5.74) is 1.97. The van der Waals surface area contributed by atoms with Crippen molar-refractivity contribution in [2.75, 3.05) is 32.8 Å². The topological polar surface area (TPSA) is 153 Å². The minimum atomic E-state index is -0.533. The second kappa shape index (κ2) is 9.77. The molecule has 190 valence electrons. The minimum absolute atomic E-state index is 0.186. The summed E-state index contributed by atoms with van der Waals surface area (Å²) in [6.07, 6.45) is 2.13. The lowest BCUT2D eigenvalue weighted by Crippen LogP contribution is -2.51. The van der Waals surface area contributed by atoms with Crippen molar-refractivity contribution >= 4 is 34.5 Å². The summed E-state index contributed by atoms with van der Waals surface area (Å²) in [5, 5.41) is 16.6. The molecule has 3 aromatic rings. The number of nitriles is 1. The molecule has 0 radical (unpaired) electrons. The van der Waals surface area contributed by atoms with E-state index in [1.807, 2.05) is 12.1 Å². The lowest BCUT2D eigenvalue weighted by atomic mass is 9.93. The summed E-state index contributed by atoms with van der Waals surface area (Å²) in [6.45, 7) is 1.30. The fourth-order valence-electron chi connectivity index (χ4n) is 4.80. The van der Waals surface area contributed by atoms with E-state index in [2.05, 4.69) is 15.4 Å². The molecule has 0 spiro atoms. The number of aromatic amines is 1. The Morgan fingerprint density at radius 1 is 1.19 bits per heavy atom. The van der Waals surface area contributed by atoms with Crippen molar-refractivity contribution in [1.29, 1.82) is 5.26 Å². The van der Waals surface area contributed by atoms with Gasteiger partial charge in [0.05, 0.1) is 17.2 Å². The van der Waals surface area contributed by atoms with E-state index in [1.54, 1.807) is 33.7 Å². The Morgan fingerprint density at radius 2 is 1.95 bits per heavy atom. The summed E-state index contributed by atoms with van der Waals surface area (Å²) in [7, 11) is 1.74. The van der Waals surface area contributed by atoms with Gasteiger partial charge in [-0.15, -0.1) is 0 Å². The van der Waals surface area contributed by atoms with E-state index in [1.165, 1.54) is 12.3 Å². The van der Waals surface area contributed by atoms with Gasteiger partial charge >= 0.3 is 0 Å². The van der Waals surface area contributed by atoms with Gasteiger partial charge < -0.3 is 19.5 Å². The van der Waals surface area contributed by atoms with Crippen molar-refractivity contribution in [3.05, 3.63) is 47.4 Å². The molecule has 0 aliphatic carbocycles. The third-order valence-electron chi connectivity index (χ3n) is 6.74. The number of aromatic nitrogens is 3. The Bertz CT molecular complexity index is 1440. The van der Waals surface area contributed by atoms with Crippen molar-refractivity contribution in [1.82, 2.24) is 29.9 Å². The van der Waals surface area contributed by atoms with E-state index in [-0.39, 0.29) is 36.7 Å². The van der Waals surface area contributed by atoms with E-state index < -0.39 is 5.92 Å². The highest BCUT2D eigenvalue weighted by Gasteiger charge is 2.32. The lowest BCUT2D eigenvalue weighted by Gasteiger charge is -2.34. The van der Waals surface area contributed by atoms with Gasteiger partial charge in [-0.25, -0.2) is 0 Å². The molecule has 0 bridgehead atoms. The first-order valence-corrected chi connectivity index (χ1v) is 11.9. The van der Waals surface area contributed by atoms with E-state index in [0.717, 1.165) is 5.39 Å². The molecule has 1 unspecified atom stereocenters. The fraction of sp³-hybridized carbons (Fsp3) is 0.360. The van der Waals surface area contributed by atoms with Crippen molar-refractivity contribution in [3.8, 4) is 11.8 Å². The zero-order chi connectivity index (χ0) is 26.1. The average Bonchev–Trinajstić information content (AvgIpc) is 3.52. The Labute approximate surface area is 211 Å². The summed E-state index contributed by atoms with van der Waals surface area (Å²) in [5.74, 6) is -1.13. The van der Waals surface area contributed by atoms with Crippen LogP contribution in [0, 0.1) is 11.3 Å². The predicted octanol–water partition coefficient (Wildman–Crippen LogP) is 0.657. The first-order chi connectivity index (χ1) is 17.9. The second-order valence-corrected chi connectivity index (χ2v) is 9.04. The second-order valence-electron chi connectivity index (χ2n) is 9.04. The zero-order valence-corrected chi connectivity index (χ0v) is 20.2. The molecular weight excluding hydrogens is 478 g/mol. The molecule has 2 saturated heterocycles. The van der Waals surface area contributed by atoms with Crippen LogP contribution in [0.15, 0.2) is 30.5 Å². The van der Waals surface area contributed by atoms with Gasteiger partial charge in [0.2, 0.25) is 11.8 Å². The zero-order valence-electron chi connectivity index (χ0n) is 20.2. The molecule has 2 aliphatic heterocycles. The van der Waals surface area contributed by atoms with Gasteiger partial charge in [-0.05, 0) is 18.6 Å². The van der Waals surface area contributed by atoms with Gasteiger partial charge in [0.15, 0.2) is 6.61 Å². The Kier molecular flexibility index (Phi) is 6.35. The first kappa shape index (κ1) is 24.1. The number of imide groups is 1. The largest absolute Gasteiger partial charge is 0.481 e. The van der Waals surface area contributed by atoms with Crippen molar-refractivity contribution in [3.63, 3.8) is 0 Å². The normalized spacial score (nSPS) is 18.0. The summed E-state index contributed by atoms with van der Waals surface area (Å²) >= 11 is 0. The highest BCUT2D eigenvalue weighted by atomic mass is 16.5. The minimum Gasteiger partial charge on any atom is -0.481 e. The number of piperazine rings is 1. The molecule has 2 fully saturated rings. The molecule has 4 amide bonds. The molecule has 4 heterocycles. The number of hydrogen-bond acceptors (Lipinski definition) is 7. The van der Waals surface area contributed by atoms with Crippen LogP contribution in [-0.4, -0.2) is 81.0 Å². The van der Waals surface area contributed by atoms with Crippen LogP contribution in [-0.2, 0) is 21.4 Å². The van der Waals surface area contributed by atoms with Gasteiger partial charge in [-0.2, -0.15) is 10.4 Å². The molecule has 2 N–H and O–H groups in total. The number of carbonyl (C=O) groups is 4. The Morgan fingerprint density at radius 3 is 2.65 bits per heavy atom. The molecule has 2 aromatic heterocycles. The number of H-pyrrole nitrogens is 1. The van der Waals surface area contributed by atoms with Crippen LogP contribution in [0.5, 0.6) is 5.75 Å². The van der Waals surface area contributed by atoms with Crippen LogP contribution >= 0.6 is 0 Å². The van der Waals surface area contributed by atoms with Gasteiger partial charge in [0.1, 0.15) is 23.0 Å². The summed E-state index contributed by atoms with van der Waals surface area (Å²) < 4.78 is 7.52. The number of para-hydroxylation sites is 1. The van der Waals surface area contributed by atoms with E-state index in [0.29, 0.717) is 60.8 Å². The molecule has 5 rings (SSSR count). The van der Waals surface area contributed by atoms with Gasteiger partial charge in [-0.1, -0.05) is 12.1 Å². The van der Waals surface area contributed by atoms with Crippen LogP contribution in [0.1, 0.15) is 40.5 Å². The van der Waals surface area contributed by atoms with Crippen LogP contribution < -0.4 is 10.1 Å². The molecule has 37 heavy (non-hydrogen) atoms. The van der Waals surface area contributed by atoms with E-state index in [9.17, 15) is 19.2 Å². The maximum atomic E-state index is 12.9. The number of hydrogen-bond donors (Lipinski definition) is 2. The number of amides is 4. The van der Waals surface area contributed by atoms with Crippen molar-refractivity contribution in [2.24, 2.45) is 7.05 Å². The highest BCUT2D eigenvalue weighted by Crippen LogP contribution is 2.34. The van der Waals surface area contributed by atoms with Crippen molar-refractivity contribution < 1.29 is 23.9 Å². The molecule has 12 nitrogen and oxygen atoms in total. The van der Waals surface area contributed by atoms with Crippen molar-refractivity contribution in [2.45, 2.75) is 18.8 Å². The SMILES string of the molecule is Cn1nc(C2CCC(=O)NC2=O)c2cccc(OCC(=O)N3CCN(C(=O)c4cc(C#N)c[nH]4)CC3)c21. The van der Waals surface area contributed by atoms with Crippen LogP contribution in [0.2, 0.25) is 0 Å². The third-order valence-corrected chi connectivity index (χ3v) is 6.74. The number of aryl methyl sites for hydroxylation is 1. The highest BCUT2D eigenvalue weighted by molar-refractivity contribution is 6.03. The molecule has 12 heteroatoms. The summed E-state index contributed by atoms with van der Waals surface area (Å²) in [6, 6.07) is 8.87. The average molecular weight is 504 g/mol. The fourth-order valence-corrected chi connectivity index (χ4v) is 4.80. The number of fused-ring (bicyclic) bond motifs is 1. The number of rotatable bonds is 5. The van der Waals surface area contributed by atoms with Gasteiger partial charge in [-0.3, -0.25) is 29.2 Å². The maximum absolute atomic E-state index is 12.9.